The summed E-state index contributed by atoms with van der Waals surface area (Å²) in [5, 5.41) is 2.82. The van der Waals surface area contributed by atoms with Crippen LogP contribution in [0.5, 0.6) is 11.5 Å². The van der Waals surface area contributed by atoms with E-state index in [0.717, 1.165) is 6.42 Å². The summed E-state index contributed by atoms with van der Waals surface area (Å²) >= 11 is 0. The molecule has 1 saturated carbocycles. The number of hydrogen-bond donors (Lipinski definition) is 1. The molecule has 0 unspecified atom stereocenters. The molecule has 2 fully saturated rings. The maximum absolute atomic E-state index is 13.2. The maximum Gasteiger partial charge on any atom is 0.255 e. The Kier molecular flexibility index (Phi) is 4.77. The number of ether oxygens (including phenoxy) is 2. The fourth-order valence-corrected chi connectivity index (χ4v) is 5.41. The molecule has 0 radical (unpaired) electrons. The number of nitrogens with one attached hydrogen (secondary N) is 1. The predicted molar refractivity (Wildman–Crippen MR) is 119 cm³/mol. The predicted octanol–water partition coefficient (Wildman–Crippen LogP) is 3.66. The molecule has 1 heterocycles. The number of benzene rings is 2. The van der Waals surface area contributed by atoms with E-state index in [-0.39, 0.29) is 41.4 Å². The summed E-state index contributed by atoms with van der Waals surface area (Å²) in [5.41, 5.74) is 2.47. The van der Waals surface area contributed by atoms with Crippen molar-refractivity contribution >= 4 is 29.1 Å². The summed E-state index contributed by atoms with van der Waals surface area (Å²) in [6.45, 7) is 2.04. The molecule has 2 aromatic carbocycles. The van der Waals surface area contributed by atoms with Crippen molar-refractivity contribution in [2.45, 2.75) is 13.3 Å². The number of hydrogen-bond acceptors (Lipinski definition) is 5. The Labute approximate surface area is 186 Å². The molecular formula is C25H24N2O5. The van der Waals surface area contributed by atoms with Gasteiger partial charge in [-0.25, -0.2) is 4.90 Å². The van der Waals surface area contributed by atoms with E-state index in [1.165, 1.54) is 17.6 Å². The first-order valence-corrected chi connectivity index (χ1v) is 10.6. The van der Waals surface area contributed by atoms with Gasteiger partial charge in [-0.2, -0.15) is 0 Å². The summed E-state index contributed by atoms with van der Waals surface area (Å²) in [6, 6.07) is 11.7. The second-order valence-corrected chi connectivity index (χ2v) is 8.55. The van der Waals surface area contributed by atoms with Crippen molar-refractivity contribution < 1.29 is 23.9 Å². The molecule has 5 rings (SSSR count). The highest BCUT2D eigenvalue weighted by molar-refractivity contribution is 6.23. The molecule has 7 nitrogen and oxygen atoms in total. The Morgan fingerprint density at radius 2 is 1.81 bits per heavy atom. The molecule has 32 heavy (non-hydrogen) atoms. The Balaban J connectivity index is 1.39. The van der Waals surface area contributed by atoms with Gasteiger partial charge in [0, 0.05) is 11.6 Å². The molecule has 3 aliphatic rings. The summed E-state index contributed by atoms with van der Waals surface area (Å²) < 4.78 is 10.5. The number of nitrogens with zero attached hydrogens (tertiary/aromatic N) is 1. The third kappa shape index (κ3) is 2.99. The smallest absolute Gasteiger partial charge is 0.255 e. The SMILES string of the molecule is COc1ccc(NC(=O)c2cccc(N3C(=O)[C@@H]4[C@@H](C3=O)[C@H]3C=C(C)[C@H]4C3)c2)c(OC)c1. The number of anilines is 2. The van der Waals surface area contributed by atoms with Crippen LogP contribution in [0.4, 0.5) is 11.4 Å². The zero-order valence-corrected chi connectivity index (χ0v) is 18.1. The molecule has 4 atom stereocenters. The molecule has 0 spiro atoms. The van der Waals surface area contributed by atoms with Crippen LogP contribution in [-0.2, 0) is 9.59 Å². The van der Waals surface area contributed by atoms with Crippen LogP contribution in [0.25, 0.3) is 0 Å². The minimum Gasteiger partial charge on any atom is -0.497 e. The largest absolute Gasteiger partial charge is 0.497 e. The van der Waals surface area contributed by atoms with Gasteiger partial charge in [0.25, 0.3) is 5.91 Å². The fourth-order valence-electron chi connectivity index (χ4n) is 5.41. The van der Waals surface area contributed by atoms with E-state index in [2.05, 4.69) is 11.4 Å². The van der Waals surface area contributed by atoms with Gasteiger partial charge < -0.3 is 14.8 Å². The second kappa shape index (κ2) is 7.51. The van der Waals surface area contributed by atoms with Crippen molar-refractivity contribution in [1.29, 1.82) is 0 Å². The molecular weight excluding hydrogens is 408 g/mol. The van der Waals surface area contributed by atoms with Gasteiger partial charge in [0.05, 0.1) is 37.4 Å². The van der Waals surface area contributed by atoms with E-state index in [1.54, 1.807) is 49.6 Å². The highest BCUT2D eigenvalue weighted by atomic mass is 16.5. The molecule has 2 aromatic rings. The van der Waals surface area contributed by atoms with Crippen LogP contribution in [0, 0.1) is 23.7 Å². The number of carbonyl (C=O) groups is 3. The number of rotatable bonds is 5. The topological polar surface area (TPSA) is 84.9 Å². The van der Waals surface area contributed by atoms with E-state index in [9.17, 15) is 14.4 Å². The van der Waals surface area contributed by atoms with E-state index >= 15 is 0 Å². The molecule has 2 aliphatic carbocycles. The van der Waals surface area contributed by atoms with Gasteiger partial charge in [-0.1, -0.05) is 17.7 Å². The molecule has 3 amide bonds. The normalized spacial score (nSPS) is 25.6. The van der Waals surface area contributed by atoms with E-state index < -0.39 is 0 Å². The average Bonchev–Trinajstić information content (AvgIpc) is 3.44. The first kappa shape index (κ1) is 20.3. The molecule has 0 aromatic heterocycles. The second-order valence-electron chi connectivity index (χ2n) is 8.55. The third-order valence-electron chi connectivity index (χ3n) is 6.90. The van der Waals surface area contributed by atoms with Gasteiger partial charge in [-0.3, -0.25) is 14.4 Å². The van der Waals surface area contributed by atoms with Crippen LogP contribution in [0.15, 0.2) is 54.1 Å². The fraction of sp³-hybridized carbons (Fsp3) is 0.320. The van der Waals surface area contributed by atoms with Crippen molar-refractivity contribution in [2.75, 3.05) is 24.4 Å². The van der Waals surface area contributed by atoms with Crippen LogP contribution in [0.3, 0.4) is 0 Å². The molecule has 7 heteroatoms. The van der Waals surface area contributed by atoms with Gasteiger partial charge in [-0.15, -0.1) is 0 Å². The number of amides is 3. The first-order valence-electron chi connectivity index (χ1n) is 10.6. The summed E-state index contributed by atoms with van der Waals surface area (Å²) in [7, 11) is 3.06. The van der Waals surface area contributed by atoms with Crippen LogP contribution in [0.2, 0.25) is 0 Å². The molecule has 1 N–H and O–H groups in total. The van der Waals surface area contributed by atoms with E-state index in [1.807, 2.05) is 6.92 Å². The van der Waals surface area contributed by atoms with Crippen LogP contribution in [0.1, 0.15) is 23.7 Å². The Bertz CT molecular complexity index is 1170. The minimum atomic E-state index is -0.368. The lowest BCUT2D eigenvalue weighted by atomic mass is 9.82. The van der Waals surface area contributed by atoms with Crippen molar-refractivity contribution in [3.8, 4) is 11.5 Å². The zero-order valence-electron chi connectivity index (χ0n) is 18.1. The van der Waals surface area contributed by atoms with Gasteiger partial charge >= 0.3 is 0 Å². The van der Waals surface area contributed by atoms with Gasteiger partial charge in [0.2, 0.25) is 11.8 Å². The van der Waals surface area contributed by atoms with Gasteiger partial charge in [0.1, 0.15) is 11.5 Å². The Hall–Kier alpha value is -3.61. The average molecular weight is 432 g/mol. The monoisotopic (exact) mass is 432 g/mol. The van der Waals surface area contributed by atoms with E-state index in [0.29, 0.717) is 28.4 Å². The van der Waals surface area contributed by atoms with Crippen molar-refractivity contribution in [3.63, 3.8) is 0 Å². The standard InChI is InChI=1S/C25H24N2O5/c1-13-9-15-11-18(13)22-21(15)24(29)27(25(22)30)16-6-4-5-14(10-16)23(28)26-19-8-7-17(31-2)12-20(19)32-3/h4-10,12,15,18,21-22H,11H2,1-3H3,(H,26,28)/t15-,18+,21-,22-/m0/s1. The molecule has 2 bridgehead atoms. The van der Waals surface area contributed by atoms with Crippen molar-refractivity contribution in [2.24, 2.45) is 23.7 Å². The number of imide groups is 1. The van der Waals surface area contributed by atoms with Crippen molar-refractivity contribution in [1.82, 2.24) is 0 Å². The van der Waals surface area contributed by atoms with E-state index in [4.69, 9.17) is 9.47 Å². The zero-order chi connectivity index (χ0) is 22.6. The van der Waals surface area contributed by atoms with Crippen molar-refractivity contribution in [3.05, 3.63) is 59.7 Å². The lowest BCUT2D eigenvalue weighted by Crippen LogP contribution is -2.33. The molecule has 1 saturated heterocycles. The highest BCUT2D eigenvalue weighted by Gasteiger charge is 2.60. The number of carbonyl (C=O) groups excluding carboxylic acids is 3. The maximum atomic E-state index is 13.2. The van der Waals surface area contributed by atoms with Crippen LogP contribution in [-0.4, -0.2) is 31.9 Å². The van der Waals surface area contributed by atoms with Gasteiger partial charge in [-0.05, 0) is 55.5 Å². The van der Waals surface area contributed by atoms with Crippen LogP contribution < -0.4 is 19.7 Å². The molecule has 164 valence electrons. The third-order valence-corrected chi connectivity index (χ3v) is 6.90. The minimum absolute atomic E-state index is 0.139. The lowest BCUT2D eigenvalue weighted by Gasteiger charge is -2.19. The lowest BCUT2D eigenvalue weighted by molar-refractivity contribution is -0.123. The first-order chi connectivity index (χ1) is 15.4. The summed E-state index contributed by atoms with van der Waals surface area (Å²) in [4.78, 5) is 40.6. The highest BCUT2D eigenvalue weighted by Crippen LogP contribution is 2.55. The van der Waals surface area contributed by atoms with Crippen LogP contribution >= 0.6 is 0 Å². The Morgan fingerprint density at radius 1 is 1.03 bits per heavy atom. The van der Waals surface area contributed by atoms with Gasteiger partial charge in [0.15, 0.2) is 0 Å². The number of fused-ring (bicyclic) bond motifs is 5. The Morgan fingerprint density at radius 3 is 2.56 bits per heavy atom. The summed E-state index contributed by atoms with van der Waals surface area (Å²) in [5.74, 6) is 0.117. The number of allylic oxidation sites excluding steroid dienone is 2. The number of methoxy groups -OCH3 is 2. The molecule has 1 aliphatic heterocycles. The quantitative estimate of drug-likeness (QED) is 0.576. The summed E-state index contributed by atoms with van der Waals surface area (Å²) in [6.07, 6.45) is 3.03.